The smallest absolute Gasteiger partial charge is 0.327 e. The number of amides is 1. The van der Waals surface area contributed by atoms with Crippen molar-refractivity contribution in [1.82, 2.24) is 10.3 Å². The summed E-state index contributed by atoms with van der Waals surface area (Å²) in [5.41, 5.74) is 2.97. The average molecular weight is 351 g/mol. The van der Waals surface area contributed by atoms with Crippen LogP contribution in [0.5, 0.6) is 0 Å². The quantitative estimate of drug-likeness (QED) is 0.740. The second kappa shape index (κ2) is 6.37. The van der Waals surface area contributed by atoms with E-state index < -0.39 is 17.9 Å². The predicted octanol–water partition coefficient (Wildman–Crippen LogP) is 2.49. The van der Waals surface area contributed by atoms with E-state index in [9.17, 15) is 9.59 Å². The molecule has 0 bridgehead atoms. The van der Waals surface area contributed by atoms with Gasteiger partial charge in [-0.1, -0.05) is 11.6 Å². The number of nitrogens with one attached hydrogen (secondary N) is 1. The summed E-state index contributed by atoms with van der Waals surface area (Å²) in [7, 11) is 0. The minimum absolute atomic E-state index is 0.0209. The number of benzene rings is 1. The SMILES string of the molecule is O=C(NC(CS)C(=O)O)c1c2c(nc3ccc(Cl)cc13)CCC2. The summed E-state index contributed by atoms with van der Waals surface area (Å²) < 4.78 is 0. The van der Waals surface area contributed by atoms with Gasteiger partial charge in [0.1, 0.15) is 6.04 Å². The number of aromatic nitrogens is 1. The van der Waals surface area contributed by atoms with Crippen LogP contribution in [0.25, 0.3) is 10.9 Å². The van der Waals surface area contributed by atoms with Gasteiger partial charge in [0.2, 0.25) is 0 Å². The van der Waals surface area contributed by atoms with Crippen molar-refractivity contribution in [3.8, 4) is 0 Å². The van der Waals surface area contributed by atoms with Crippen molar-refractivity contribution in [2.45, 2.75) is 25.3 Å². The lowest BCUT2D eigenvalue weighted by atomic mass is 10.00. The van der Waals surface area contributed by atoms with E-state index in [0.717, 1.165) is 30.5 Å². The summed E-state index contributed by atoms with van der Waals surface area (Å²) >= 11 is 10.0. The second-order valence-corrected chi connectivity index (χ2v) is 6.28. The van der Waals surface area contributed by atoms with Crippen molar-refractivity contribution in [3.05, 3.63) is 40.0 Å². The molecule has 120 valence electrons. The van der Waals surface area contributed by atoms with Crippen LogP contribution in [-0.2, 0) is 17.6 Å². The summed E-state index contributed by atoms with van der Waals surface area (Å²) in [5.74, 6) is -1.51. The highest BCUT2D eigenvalue weighted by Gasteiger charge is 2.26. The summed E-state index contributed by atoms with van der Waals surface area (Å²) in [5, 5.41) is 12.8. The molecule has 0 aliphatic heterocycles. The highest BCUT2D eigenvalue weighted by Crippen LogP contribution is 2.31. The number of rotatable bonds is 4. The van der Waals surface area contributed by atoms with Crippen molar-refractivity contribution in [2.24, 2.45) is 0 Å². The van der Waals surface area contributed by atoms with Crippen LogP contribution in [0.2, 0.25) is 5.02 Å². The first kappa shape index (κ1) is 16.1. The molecule has 0 radical (unpaired) electrons. The molecule has 1 aromatic carbocycles. The largest absolute Gasteiger partial charge is 0.480 e. The molecule has 3 rings (SSSR count). The van der Waals surface area contributed by atoms with E-state index in [4.69, 9.17) is 16.7 Å². The van der Waals surface area contributed by atoms with Gasteiger partial charge in [-0.25, -0.2) is 4.79 Å². The third-order valence-electron chi connectivity index (χ3n) is 3.99. The Morgan fingerprint density at radius 2 is 2.17 bits per heavy atom. The number of aliphatic carboxylic acids is 1. The number of aryl methyl sites for hydroxylation is 1. The number of hydrogen-bond donors (Lipinski definition) is 3. The number of halogens is 1. The maximum Gasteiger partial charge on any atom is 0.327 e. The van der Waals surface area contributed by atoms with Gasteiger partial charge in [-0.05, 0) is 43.0 Å². The van der Waals surface area contributed by atoms with Crippen LogP contribution >= 0.6 is 24.2 Å². The lowest BCUT2D eigenvalue weighted by Gasteiger charge is -2.16. The fourth-order valence-corrected chi connectivity index (χ4v) is 3.33. The minimum Gasteiger partial charge on any atom is -0.480 e. The summed E-state index contributed by atoms with van der Waals surface area (Å²) in [6, 6.07) is 4.17. The van der Waals surface area contributed by atoms with E-state index in [1.807, 2.05) is 0 Å². The van der Waals surface area contributed by atoms with Crippen LogP contribution in [0.4, 0.5) is 0 Å². The van der Waals surface area contributed by atoms with Crippen LogP contribution in [-0.4, -0.2) is 33.8 Å². The van der Waals surface area contributed by atoms with E-state index in [1.165, 1.54) is 0 Å². The molecular weight excluding hydrogens is 336 g/mol. The molecule has 2 aromatic rings. The van der Waals surface area contributed by atoms with Crippen molar-refractivity contribution in [1.29, 1.82) is 0 Å². The van der Waals surface area contributed by atoms with Crippen molar-refractivity contribution in [2.75, 3.05) is 5.75 Å². The first-order valence-electron chi connectivity index (χ1n) is 7.27. The molecule has 0 saturated carbocycles. The molecule has 0 spiro atoms. The third-order valence-corrected chi connectivity index (χ3v) is 4.59. The van der Waals surface area contributed by atoms with E-state index in [0.29, 0.717) is 21.5 Å². The molecule has 7 heteroatoms. The predicted molar refractivity (Wildman–Crippen MR) is 91.5 cm³/mol. The van der Waals surface area contributed by atoms with Gasteiger partial charge in [-0.2, -0.15) is 12.6 Å². The van der Waals surface area contributed by atoms with Crippen LogP contribution in [0.3, 0.4) is 0 Å². The number of nitrogens with zero attached hydrogens (tertiary/aromatic N) is 1. The number of carboxylic acids is 1. The van der Waals surface area contributed by atoms with Gasteiger partial charge in [0, 0.05) is 21.9 Å². The van der Waals surface area contributed by atoms with E-state index in [2.05, 4.69) is 22.9 Å². The molecule has 1 amide bonds. The fourth-order valence-electron chi connectivity index (χ4n) is 2.91. The number of carboxylic acid groups (broad SMARTS) is 1. The van der Waals surface area contributed by atoms with Crippen LogP contribution in [0.15, 0.2) is 18.2 Å². The minimum atomic E-state index is -1.11. The first-order valence-corrected chi connectivity index (χ1v) is 8.28. The zero-order valence-electron chi connectivity index (χ0n) is 12.2. The number of thiol groups is 1. The summed E-state index contributed by atoms with van der Waals surface area (Å²) in [6.07, 6.45) is 2.51. The van der Waals surface area contributed by atoms with Crippen molar-refractivity contribution < 1.29 is 14.7 Å². The molecular formula is C16H15ClN2O3S. The summed E-state index contributed by atoms with van der Waals surface area (Å²) in [6.45, 7) is 0. The Hall–Kier alpha value is -1.79. The van der Waals surface area contributed by atoms with Crippen molar-refractivity contribution in [3.63, 3.8) is 0 Å². The van der Waals surface area contributed by atoms with Gasteiger partial charge in [0.25, 0.3) is 5.91 Å². The standard InChI is InChI=1S/C16H15ClN2O3S/c17-8-4-5-12-10(6-8)14(9-2-1-3-11(9)18-12)15(20)19-13(7-23)16(21)22/h4-6,13,23H,1-3,7H2,(H,19,20)(H,21,22). The molecule has 1 unspecified atom stereocenters. The Morgan fingerprint density at radius 3 is 2.87 bits per heavy atom. The van der Waals surface area contributed by atoms with Gasteiger partial charge in [-0.3, -0.25) is 9.78 Å². The van der Waals surface area contributed by atoms with Crippen molar-refractivity contribution >= 4 is 47.0 Å². The zero-order valence-corrected chi connectivity index (χ0v) is 13.8. The molecule has 1 aliphatic carbocycles. The van der Waals surface area contributed by atoms with Gasteiger partial charge in [0.05, 0.1) is 11.1 Å². The lowest BCUT2D eigenvalue weighted by molar-refractivity contribution is -0.138. The fraction of sp³-hybridized carbons (Fsp3) is 0.312. The maximum absolute atomic E-state index is 12.7. The van der Waals surface area contributed by atoms with Crippen LogP contribution < -0.4 is 5.32 Å². The average Bonchev–Trinajstić information content (AvgIpc) is 2.97. The van der Waals surface area contributed by atoms with Crippen LogP contribution in [0.1, 0.15) is 28.0 Å². The molecule has 1 heterocycles. The topological polar surface area (TPSA) is 79.3 Å². The van der Waals surface area contributed by atoms with E-state index in [1.54, 1.807) is 18.2 Å². The highest BCUT2D eigenvalue weighted by molar-refractivity contribution is 7.80. The monoisotopic (exact) mass is 350 g/mol. The Morgan fingerprint density at radius 1 is 1.39 bits per heavy atom. The van der Waals surface area contributed by atoms with E-state index >= 15 is 0 Å². The Kier molecular flexibility index (Phi) is 4.46. The first-order chi connectivity index (χ1) is 11.0. The molecule has 0 saturated heterocycles. The summed E-state index contributed by atoms with van der Waals surface area (Å²) in [4.78, 5) is 28.5. The van der Waals surface area contributed by atoms with E-state index in [-0.39, 0.29) is 5.75 Å². The Labute approximate surface area is 143 Å². The van der Waals surface area contributed by atoms with Gasteiger partial charge in [0.15, 0.2) is 0 Å². The highest BCUT2D eigenvalue weighted by atomic mass is 35.5. The number of carbonyl (C=O) groups excluding carboxylic acids is 1. The molecule has 23 heavy (non-hydrogen) atoms. The number of hydrogen-bond acceptors (Lipinski definition) is 4. The second-order valence-electron chi connectivity index (χ2n) is 5.47. The molecule has 1 aliphatic rings. The molecule has 2 N–H and O–H groups in total. The number of carbonyl (C=O) groups is 2. The zero-order chi connectivity index (χ0) is 16.6. The van der Waals surface area contributed by atoms with Gasteiger partial charge < -0.3 is 10.4 Å². The maximum atomic E-state index is 12.7. The number of pyridine rings is 1. The Balaban J connectivity index is 2.13. The normalized spacial score (nSPS) is 14.5. The molecule has 1 aromatic heterocycles. The van der Waals surface area contributed by atoms with Crippen LogP contribution in [0, 0.1) is 0 Å². The molecule has 5 nitrogen and oxygen atoms in total. The lowest BCUT2D eigenvalue weighted by Crippen LogP contribution is -2.42. The van der Waals surface area contributed by atoms with Gasteiger partial charge in [-0.15, -0.1) is 0 Å². The third kappa shape index (κ3) is 3.01. The molecule has 0 fully saturated rings. The number of fused-ring (bicyclic) bond motifs is 2. The Bertz CT molecular complexity index is 810. The van der Waals surface area contributed by atoms with Gasteiger partial charge >= 0.3 is 5.97 Å². The molecule has 1 atom stereocenters.